The van der Waals surface area contributed by atoms with Crippen molar-refractivity contribution < 1.29 is 13.9 Å². The average molecular weight is 219 g/mol. The topological polar surface area (TPSA) is 50.1 Å². The number of aliphatic hydroxyl groups excluding tert-OH is 1. The minimum absolute atomic E-state index is 0.212. The summed E-state index contributed by atoms with van der Waals surface area (Å²) in [6.07, 6.45) is 3.38. The van der Waals surface area contributed by atoms with E-state index in [0.29, 0.717) is 0 Å². The van der Waals surface area contributed by atoms with Crippen LogP contribution in [0.2, 0.25) is 0 Å². The van der Waals surface area contributed by atoms with Gasteiger partial charge in [-0.05, 0) is 6.92 Å². The highest BCUT2D eigenvalue weighted by Crippen LogP contribution is 2.15. The van der Waals surface area contributed by atoms with Gasteiger partial charge in [0.25, 0.3) is 5.92 Å². The lowest BCUT2D eigenvalue weighted by atomic mass is 10.2. The Morgan fingerprint density at radius 1 is 1.67 bits per heavy atom. The Morgan fingerprint density at radius 3 is 2.80 bits per heavy atom. The maximum absolute atomic E-state index is 12.7. The summed E-state index contributed by atoms with van der Waals surface area (Å²) in [5, 5.41) is 15.0. The summed E-state index contributed by atoms with van der Waals surface area (Å²) < 4.78 is 27.0. The predicted octanol–water partition coefficient (Wildman–Crippen LogP) is 0.698. The molecule has 0 saturated carbocycles. The summed E-state index contributed by atoms with van der Waals surface area (Å²) in [5.41, 5.74) is 0.839. The van der Waals surface area contributed by atoms with Gasteiger partial charge in [0.1, 0.15) is 6.61 Å². The van der Waals surface area contributed by atoms with Crippen LogP contribution in [0.4, 0.5) is 8.78 Å². The van der Waals surface area contributed by atoms with Crippen molar-refractivity contribution in [3.05, 3.63) is 18.0 Å². The van der Waals surface area contributed by atoms with Gasteiger partial charge in [0.15, 0.2) is 0 Å². The number of aryl methyl sites for hydroxylation is 1. The molecule has 86 valence electrons. The van der Waals surface area contributed by atoms with Crippen LogP contribution in [-0.2, 0) is 7.05 Å². The van der Waals surface area contributed by atoms with E-state index in [0.717, 1.165) is 5.56 Å². The fourth-order valence-corrected chi connectivity index (χ4v) is 1.14. The molecule has 0 aliphatic rings. The number of nitrogens with one attached hydrogen (secondary N) is 1. The van der Waals surface area contributed by atoms with Crippen LogP contribution in [0.3, 0.4) is 0 Å². The summed E-state index contributed by atoms with van der Waals surface area (Å²) in [6, 6.07) is -0.212. The van der Waals surface area contributed by atoms with E-state index in [1.54, 1.807) is 31.0 Å². The maximum atomic E-state index is 12.7. The minimum atomic E-state index is -3.07. The number of halogens is 2. The summed E-state index contributed by atoms with van der Waals surface area (Å²) >= 11 is 0. The van der Waals surface area contributed by atoms with Gasteiger partial charge in [0, 0.05) is 24.8 Å². The smallest absolute Gasteiger partial charge is 0.282 e. The zero-order valence-electron chi connectivity index (χ0n) is 8.74. The molecule has 6 heteroatoms. The van der Waals surface area contributed by atoms with Crippen LogP contribution in [-0.4, -0.2) is 34.0 Å². The van der Waals surface area contributed by atoms with Gasteiger partial charge in [0.2, 0.25) is 0 Å². The molecule has 0 aliphatic carbocycles. The fourth-order valence-electron chi connectivity index (χ4n) is 1.14. The van der Waals surface area contributed by atoms with E-state index < -0.39 is 19.1 Å². The normalized spacial score (nSPS) is 14.2. The van der Waals surface area contributed by atoms with Crippen LogP contribution in [0.25, 0.3) is 0 Å². The number of aliphatic hydroxyl groups is 1. The molecule has 0 aliphatic heterocycles. The van der Waals surface area contributed by atoms with Crippen molar-refractivity contribution in [2.45, 2.75) is 18.9 Å². The molecule has 1 aromatic rings. The molecule has 0 amide bonds. The molecule has 15 heavy (non-hydrogen) atoms. The Morgan fingerprint density at radius 2 is 2.33 bits per heavy atom. The van der Waals surface area contributed by atoms with E-state index in [9.17, 15) is 8.78 Å². The lowest BCUT2D eigenvalue weighted by molar-refractivity contribution is -0.0490. The molecule has 1 atom stereocenters. The largest absolute Gasteiger partial charge is 0.390 e. The first-order valence-corrected chi connectivity index (χ1v) is 4.65. The number of rotatable bonds is 5. The molecule has 1 rings (SSSR count). The van der Waals surface area contributed by atoms with E-state index in [2.05, 4.69) is 10.4 Å². The number of hydrogen-bond acceptors (Lipinski definition) is 3. The third-order valence-electron chi connectivity index (χ3n) is 2.12. The Kier molecular flexibility index (Phi) is 3.76. The molecule has 0 fully saturated rings. The molecule has 0 saturated heterocycles. The number of hydrogen-bond donors (Lipinski definition) is 2. The zero-order valence-corrected chi connectivity index (χ0v) is 8.74. The molecular weight excluding hydrogens is 204 g/mol. The van der Waals surface area contributed by atoms with Gasteiger partial charge in [0.05, 0.1) is 12.7 Å². The third-order valence-corrected chi connectivity index (χ3v) is 2.12. The lowest BCUT2D eigenvalue weighted by Gasteiger charge is -2.17. The highest BCUT2D eigenvalue weighted by Gasteiger charge is 2.28. The average Bonchev–Trinajstić information content (AvgIpc) is 2.61. The van der Waals surface area contributed by atoms with E-state index in [4.69, 9.17) is 5.11 Å². The molecule has 2 N–H and O–H groups in total. The van der Waals surface area contributed by atoms with Crippen LogP contribution >= 0.6 is 0 Å². The van der Waals surface area contributed by atoms with Gasteiger partial charge in [-0.25, -0.2) is 8.78 Å². The molecule has 1 heterocycles. The molecule has 0 spiro atoms. The Labute approximate surface area is 86.9 Å². The van der Waals surface area contributed by atoms with E-state index in [1.807, 2.05) is 0 Å². The summed E-state index contributed by atoms with van der Waals surface area (Å²) in [5.74, 6) is -3.07. The van der Waals surface area contributed by atoms with Gasteiger partial charge in [-0.15, -0.1) is 0 Å². The van der Waals surface area contributed by atoms with Gasteiger partial charge in [-0.1, -0.05) is 0 Å². The van der Waals surface area contributed by atoms with Gasteiger partial charge >= 0.3 is 0 Å². The van der Waals surface area contributed by atoms with Crippen LogP contribution in [0.15, 0.2) is 12.4 Å². The molecule has 4 nitrogen and oxygen atoms in total. The second-order valence-electron chi connectivity index (χ2n) is 3.56. The van der Waals surface area contributed by atoms with Crippen LogP contribution in [0, 0.1) is 0 Å². The summed E-state index contributed by atoms with van der Waals surface area (Å²) in [4.78, 5) is 0. The molecule has 0 bridgehead atoms. The maximum Gasteiger partial charge on any atom is 0.282 e. The van der Waals surface area contributed by atoms with Crippen molar-refractivity contribution in [1.29, 1.82) is 0 Å². The zero-order chi connectivity index (χ0) is 11.5. The lowest BCUT2D eigenvalue weighted by Crippen LogP contribution is -2.36. The monoisotopic (exact) mass is 219 g/mol. The number of aromatic nitrogens is 2. The number of nitrogens with zero attached hydrogens (tertiary/aromatic N) is 2. The first-order valence-electron chi connectivity index (χ1n) is 4.65. The van der Waals surface area contributed by atoms with E-state index in [1.165, 1.54) is 0 Å². The SMILES string of the molecule is CC(NCC(F)(F)CO)c1cnn(C)c1. The first kappa shape index (κ1) is 12.1. The second-order valence-corrected chi connectivity index (χ2v) is 3.56. The predicted molar refractivity (Wildman–Crippen MR) is 51.7 cm³/mol. The van der Waals surface area contributed by atoms with Crippen LogP contribution in [0.1, 0.15) is 18.5 Å². The highest BCUT2D eigenvalue weighted by atomic mass is 19.3. The van der Waals surface area contributed by atoms with Crippen LogP contribution in [0.5, 0.6) is 0 Å². The van der Waals surface area contributed by atoms with Gasteiger partial charge in [-0.3, -0.25) is 4.68 Å². The van der Waals surface area contributed by atoms with Crippen LogP contribution < -0.4 is 5.32 Å². The summed E-state index contributed by atoms with van der Waals surface area (Å²) in [7, 11) is 1.76. The fraction of sp³-hybridized carbons (Fsp3) is 0.667. The molecule has 0 aromatic carbocycles. The van der Waals surface area contributed by atoms with E-state index >= 15 is 0 Å². The van der Waals surface area contributed by atoms with Gasteiger partial charge in [-0.2, -0.15) is 5.10 Å². The number of alkyl halides is 2. The van der Waals surface area contributed by atoms with Gasteiger partial charge < -0.3 is 10.4 Å². The Hall–Kier alpha value is -1.01. The van der Waals surface area contributed by atoms with Crippen molar-refractivity contribution in [2.75, 3.05) is 13.2 Å². The third kappa shape index (κ3) is 3.56. The van der Waals surface area contributed by atoms with E-state index in [-0.39, 0.29) is 6.04 Å². The van der Waals surface area contributed by atoms with Crippen molar-refractivity contribution in [1.82, 2.24) is 15.1 Å². The second kappa shape index (κ2) is 4.67. The van der Waals surface area contributed by atoms with Crippen molar-refractivity contribution >= 4 is 0 Å². The van der Waals surface area contributed by atoms with Crippen molar-refractivity contribution in [3.63, 3.8) is 0 Å². The molecule has 0 radical (unpaired) electrons. The first-order chi connectivity index (χ1) is 6.94. The molecule has 1 unspecified atom stereocenters. The van der Waals surface area contributed by atoms with Crippen molar-refractivity contribution in [2.24, 2.45) is 7.05 Å². The Bertz CT molecular complexity index is 314. The molecular formula is C9H15F2N3O. The standard InChI is InChI=1S/C9H15F2N3O/c1-7(8-3-13-14(2)4-8)12-5-9(10,11)6-15/h3-4,7,12,15H,5-6H2,1-2H3. The minimum Gasteiger partial charge on any atom is -0.390 e. The molecule has 1 aromatic heterocycles. The summed E-state index contributed by atoms with van der Waals surface area (Å²) in [6.45, 7) is 0.0871. The Balaban J connectivity index is 2.46. The quantitative estimate of drug-likeness (QED) is 0.766. The highest BCUT2D eigenvalue weighted by molar-refractivity contribution is 5.08. The van der Waals surface area contributed by atoms with Crippen molar-refractivity contribution in [3.8, 4) is 0 Å².